The molecule has 1 aromatic heterocycles. The predicted octanol–water partition coefficient (Wildman–Crippen LogP) is 1.47. The van der Waals surface area contributed by atoms with Crippen molar-refractivity contribution in [2.24, 2.45) is 0 Å². The molecule has 0 radical (unpaired) electrons. The van der Waals surface area contributed by atoms with Gasteiger partial charge in [0.1, 0.15) is 6.61 Å². The number of hydrogen-bond acceptors (Lipinski definition) is 7. The maximum atomic E-state index is 5.78. The van der Waals surface area contributed by atoms with Gasteiger partial charge in [-0.05, 0) is 6.92 Å². The van der Waals surface area contributed by atoms with E-state index in [9.17, 15) is 0 Å². The molecule has 0 amide bonds. The van der Waals surface area contributed by atoms with Crippen molar-refractivity contribution in [2.45, 2.75) is 24.4 Å². The molecular formula is C11H17N3O2S2. The van der Waals surface area contributed by atoms with Crippen LogP contribution in [0, 0.1) is 0 Å². The average molecular weight is 287 g/mol. The van der Waals surface area contributed by atoms with E-state index >= 15 is 0 Å². The van der Waals surface area contributed by atoms with E-state index < -0.39 is 0 Å². The molecule has 1 aromatic rings. The van der Waals surface area contributed by atoms with Gasteiger partial charge >= 0.3 is 0 Å². The quantitative estimate of drug-likeness (QED) is 0.899. The molecule has 0 aliphatic carbocycles. The van der Waals surface area contributed by atoms with Crippen molar-refractivity contribution >= 4 is 23.5 Å². The van der Waals surface area contributed by atoms with Crippen molar-refractivity contribution in [3.63, 3.8) is 0 Å². The van der Waals surface area contributed by atoms with Crippen LogP contribution in [-0.4, -0.2) is 46.1 Å². The monoisotopic (exact) mass is 287 g/mol. The second-order valence-corrected chi connectivity index (χ2v) is 7.28. The van der Waals surface area contributed by atoms with E-state index in [0.717, 1.165) is 24.7 Å². The zero-order valence-electron chi connectivity index (χ0n) is 10.3. The maximum absolute atomic E-state index is 5.78. The Labute approximate surface area is 115 Å². The van der Waals surface area contributed by atoms with Crippen molar-refractivity contribution < 1.29 is 9.26 Å². The Morgan fingerprint density at radius 2 is 2.39 bits per heavy atom. The summed E-state index contributed by atoms with van der Waals surface area (Å²) in [6, 6.07) is 0. The molecule has 18 heavy (non-hydrogen) atoms. The first-order valence-corrected chi connectivity index (χ1v) is 8.32. The number of aromatic nitrogens is 2. The molecule has 0 spiro atoms. The second kappa shape index (κ2) is 5.40. The third-order valence-electron chi connectivity index (χ3n) is 3.13. The van der Waals surface area contributed by atoms with Gasteiger partial charge in [0.15, 0.2) is 5.82 Å². The van der Waals surface area contributed by atoms with Crippen LogP contribution in [-0.2, 0) is 11.3 Å². The van der Waals surface area contributed by atoms with Crippen LogP contribution in [0.25, 0.3) is 0 Å². The Bertz CT molecular complexity index is 403. The summed E-state index contributed by atoms with van der Waals surface area (Å²) in [7, 11) is 0. The number of thioether (sulfide) groups is 2. The lowest BCUT2D eigenvalue weighted by Crippen LogP contribution is -2.58. The van der Waals surface area contributed by atoms with Crippen LogP contribution in [0.1, 0.15) is 23.9 Å². The van der Waals surface area contributed by atoms with E-state index in [0.29, 0.717) is 17.7 Å². The van der Waals surface area contributed by atoms with Gasteiger partial charge in [-0.1, -0.05) is 5.16 Å². The summed E-state index contributed by atoms with van der Waals surface area (Å²) in [5, 5.41) is 7.64. The van der Waals surface area contributed by atoms with Crippen LogP contribution in [0.4, 0.5) is 0 Å². The lowest BCUT2D eigenvalue weighted by Gasteiger charge is -2.38. The zero-order valence-corrected chi connectivity index (χ0v) is 12.0. The molecule has 0 aromatic carbocycles. The van der Waals surface area contributed by atoms with E-state index in [2.05, 4.69) is 22.4 Å². The van der Waals surface area contributed by atoms with Crippen molar-refractivity contribution in [2.75, 3.05) is 30.3 Å². The molecule has 100 valence electrons. The van der Waals surface area contributed by atoms with Crippen molar-refractivity contribution in [1.29, 1.82) is 0 Å². The third-order valence-corrected chi connectivity index (χ3v) is 5.88. The molecule has 2 saturated heterocycles. The summed E-state index contributed by atoms with van der Waals surface area (Å²) < 4.78 is 11.0. The Morgan fingerprint density at radius 3 is 3.06 bits per heavy atom. The lowest BCUT2D eigenvalue weighted by molar-refractivity contribution is -0.0841. The molecule has 5 nitrogen and oxygen atoms in total. The highest BCUT2D eigenvalue weighted by atomic mass is 32.2. The molecule has 0 saturated carbocycles. The molecule has 7 heteroatoms. The first-order valence-electron chi connectivity index (χ1n) is 6.12. The predicted molar refractivity (Wildman–Crippen MR) is 72.9 cm³/mol. The van der Waals surface area contributed by atoms with E-state index in [4.69, 9.17) is 9.26 Å². The standard InChI is InChI=1S/C11H17N3O2S2/c1-11(6-12-7-11)15-4-9-13-10(14-16-9)8-5-17-2-3-18-8/h8,12H,2-7H2,1H3. The summed E-state index contributed by atoms with van der Waals surface area (Å²) in [5.74, 6) is 4.88. The number of nitrogens with zero attached hydrogens (tertiary/aromatic N) is 2. The number of hydrogen-bond donors (Lipinski definition) is 1. The normalized spacial score (nSPS) is 26.8. The van der Waals surface area contributed by atoms with Gasteiger partial charge in [-0.3, -0.25) is 0 Å². The molecule has 2 aliphatic heterocycles. The van der Waals surface area contributed by atoms with Gasteiger partial charge in [0.05, 0.1) is 10.9 Å². The van der Waals surface area contributed by atoms with Gasteiger partial charge in [-0.25, -0.2) is 0 Å². The van der Waals surface area contributed by atoms with Crippen molar-refractivity contribution in [1.82, 2.24) is 15.5 Å². The molecule has 3 heterocycles. The molecule has 0 bridgehead atoms. The fourth-order valence-electron chi connectivity index (χ4n) is 1.91. The fraction of sp³-hybridized carbons (Fsp3) is 0.818. The van der Waals surface area contributed by atoms with Crippen LogP contribution in [0.15, 0.2) is 4.52 Å². The lowest BCUT2D eigenvalue weighted by atomic mass is 10.0. The summed E-state index contributed by atoms with van der Waals surface area (Å²) in [5.41, 5.74) is -0.0654. The third kappa shape index (κ3) is 2.84. The largest absolute Gasteiger partial charge is 0.363 e. The highest BCUT2D eigenvalue weighted by Gasteiger charge is 2.33. The van der Waals surface area contributed by atoms with Crippen molar-refractivity contribution in [3.8, 4) is 0 Å². The first-order chi connectivity index (χ1) is 8.75. The average Bonchev–Trinajstić information content (AvgIpc) is 2.84. The SMILES string of the molecule is CC1(OCc2nc(C3CSCCS3)no2)CNC1. The topological polar surface area (TPSA) is 60.2 Å². The molecule has 3 rings (SSSR count). The molecule has 2 fully saturated rings. The van der Waals surface area contributed by atoms with E-state index in [1.807, 2.05) is 23.5 Å². The molecule has 1 unspecified atom stereocenters. The number of nitrogens with one attached hydrogen (secondary N) is 1. The van der Waals surface area contributed by atoms with E-state index in [-0.39, 0.29) is 5.60 Å². The highest BCUT2D eigenvalue weighted by Crippen LogP contribution is 2.35. The minimum Gasteiger partial charge on any atom is -0.363 e. The van der Waals surface area contributed by atoms with Gasteiger partial charge < -0.3 is 14.6 Å². The molecular weight excluding hydrogens is 270 g/mol. The Morgan fingerprint density at radius 1 is 1.50 bits per heavy atom. The number of ether oxygens (including phenoxy) is 1. The summed E-state index contributed by atoms with van der Waals surface area (Å²) in [6.45, 7) is 4.29. The highest BCUT2D eigenvalue weighted by molar-refractivity contribution is 8.06. The van der Waals surface area contributed by atoms with Crippen molar-refractivity contribution in [3.05, 3.63) is 11.7 Å². The first kappa shape index (κ1) is 12.8. The van der Waals surface area contributed by atoms with Gasteiger partial charge in [-0.15, -0.1) is 11.8 Å². The zero-order chi connectivity index (χ0) is 12.4. The van der Waals surface area contributed by atoms with Gasteiger partial charge in [0.2, 0.25) is 0 Å². The second-order valence-electron chi connectivity index (χ2n) is 4.82. The van der Waals surface area contributed by atoms with Crippen LogP contribution < -0.4 is 5.32 Å². The minimum atomic E-state index is -0.0654. The molecule has 1 N–H and O–H groups in total. The van der Waals surface area contributed by atoms with Crippen LogP contribution in [0.5, 0.6) is 0 Å². The van der Waals surface area contributed by atoms with Crippen LogP contribution in [0.3, 0.4) is 0 Å². The smallest absolute Gasteiger partial charge is 0.252 e. The van der Waals surface area contributed by atoms with Gasteiger partial charge in [0, 0.05) is 30.3 Å². The number of rotatable bonds is 4. The summed E-state index contributed by atoms with van der Waals surface area (Å²) >= 11 is 3.87. The fourth-order valence-corrected chi connectivity index (χ4v) is 4.50. The van der Waals surface area contributed by atoms with E-state index in [1.165, 1.54) is 11.5 Å². The van der Waals surface area contributed by atoms with Crippen LogP contribution >= 0.6 is 23.5 Å². The Hall–Kier alpha value is -0.240. The Kier molecular flexibility index (Phi) is 3.83. The summed E-state index contributed by atoms with van der Waals surface area (Å²) in [6.07, 6.45) is 0. The van der Waals surface area contributed by atoms with Gasteiger partial charge in [-0.2, -0.15) is 16.7 Å². The summed E-state index contributed by atoms with van der Waals surface area (Å²) in [4.78, 5) is 4.44. The van der Waals surface area contributed by atoms with Crippen LogP contribution in [0.2, 0.25) is 0 Å². The van der Waals surface area contributed by atoms with E-state index in [1.54, 1.807) is 0 Å². The maximum Gasteiger partial charge on any atom is 0.252 e. The molecule has 2 aliphatic rings. The molecule has 1 atom stereocenters. The minimum absolute atomic E-state index is 0.0654. The Balaban J connectivity index is 1.55. The van der Waals surface area contributed by atoms with Gasteiger partial charge in [0.25, 0.3) is 5.89 Å².